The summed E-state index contributed by atoms with van der Waals surface area (Å²) in [5.41, 5.74) is 2.58. The van der Waals surface area contributed by atoms with Crippen LogP contribution in [-0.2, 0) is 6.42 Å². The number of hydrogen-bond acceptors (Lipinski definition) is 2. The fourth-order valence-electron chi connectivity index (χ4n) is 1.39. The van der Waals surface area contributed by atoms with Crippen molar-refractivity contribution in [1.29, 1.82) is 0 Å². The molecule has 13 heavy (non-hydrogen) atoms. The molecule has 2 nitrogen and oxygen atoms in total. The molecule has 1 aromatic carbocycles. The smallest absolute Gasteiger partial charge is 0.122 e. The Morgan fingerprint density at radius 2 is 1.69 bits per heavy atom. The minimum Gasteiger partial charge on any atom is -0.508 e. The first-order chi connectivity index (χ1) is 6.07. The van der Waals surface area contributed by atoms with Gasteiger partial charge in [0.1, 0.15) is 11.5 Å². The van der Waals surface area contributed by atoms with Crippen LogP contribution in [0.3, 0.4) is 0 Å². The highest BCUT2D eigenvalue weighted by Gasteiger charge is 2.09. The largest absolute Gasteiger partial charge is 0.508 e. The van der Waals surface area contributed by atoms with E-state index in [2.05, 4.69) is 6.58 Å². The maximum Gasteiger partial charge on any atom is 0.122 e. The molecule has 0 heterocycles. The Morgan fingerprint density at radius 3 is 2.08 bits per heavy atom. The van der Waals surface area contributed by atoms with Gasteiger partial charge in [-0.3, -0.25) is 0 Å². The average molecular weight is 178 g/mol. The summed E-state index contributed by atoms with van der Waals surface area (Å²) in [7, 11) is 0. The van der Waals surface area contributed by atoms with Crippen LogP contribution < -0.4 is 0 Å². The third-order valence-electron chi connectivity index (χ3n) is 2.30. The molecule has 0 saturated carbocycles. The van der Waals surface area contributed by atoms with Crippen molar-refractivity contribution in [3.8, 4) is 11.5 Å². The Labute approximate surface area is 78.2 Å². The molecule has 0 unspecified atom stereocenters. The van der Waals surface area contributed by atoms with Crippen LogP contribution in [0.5, 0.6) is 11.5 Å². The maximum atomic E-state index is 9.44. The number of hydrogen-bond donors (Lipinski definition) is 2. The molecule has 0 spiro atoms. The van der Waals surface area contributed by atoms with Gasteiger partial charge >= 0.3 is 0 Å². The van der Waals surface area contributed by atoms with Gasteiger partial charge in [0.25, 0.3) is 0 Å². The van der Waals surface area contributed by atoms with Gasteiger partial charge in [0.2, 0.25) is 0 Å². The molecule has 0 bridgehead atoms. The minimum atomic E-state index is 0.139. The zero-order valence-corrected chi connectivity index (χ0v) is 7.96. The van der Waals surface area contributed by atoms with Crippen LogP contribution in [0, 0.1) is 13.8 Å². The molecule has 1 rings (SSSR count). The van der Waals surface area contributed by atoms with Gasteiger partial charge in [-0.15, -0.1) is 6.58 Å². The molecule has 0 amide bonds. The predicted octanol–water partition coefficient (Wildman–Crippen LogP) is 2.44. The summed E-state index contributed by atoms with van der Waals surface area (Å²) >= 11 is 0. The van der Waals surface area contributed by atoms with Crippen molar-refractivity contribution in [2.45, 2.75) is 20.3 Å². The molecule has 0 atom stereocenters. The average Bonchev–Trinajstić information content (AvgIpc) is 2.09. The van der Waals surface area contributed by atoms with Crippen LogP contribution in [0.25, 0.3) is 0 Å². The lowest BCUT2D eigenvalue weighted by molar-refractivity contribution is 0.444. The van der Waals surface area contributed by atoms with E-state index in [1.807, 2.05) is 13.8 Å². The van der Waals surface area contributed by atoms with Gasteiger partial charge in [0.05, 0.1) is 0 Å². The Bertz CT molecular complexity index is 314. The summed E-state index contributed by atoms with van der Waals surface area (Å²) in [6, 6.07) is 1.37. The van der Waals surface area contributed by atoms with E-state index in [9.17, 15) is 10.2 Å². The van der Waals surface area contributed by atoms with Crippen LogP contribution in [0.4, 0.5) is 0 Å². The van der Waals surface area contributed by atoms with Crippen LogP contribution in [0.2, 0.25) is 0 Å². The molecular formula is C11H14O2. The molecule has 0 fully saturated rings. The van der Waals surface area contributed by atoms with Crippen LogP contribution in [-0.4, -0.2) is 10.2 Å². The number of aromatic hydroxyl groups is 2. The first kappa shape index (κ1) is 9.65. The second kappa shape index (κ2) is 3.52. The fraction of sp³-hybridized carbons (Fsp3) is 0.273. The summed E-state index contributed by atoms with van der Waals surface area (Å²) in [5.74, 6) is 0.278. The molecular weight excluding hydrogens is 164 g/mol. The van der Waals surface area contributed by atoms with Gasteiger partial charge in [-0.2, -0.15) is 0 Å². The van der Waals surface area contributed by atoms with Gasteiger partial charge in [-0.1, -0.05) is 6.08 Å². The summed E-state index contributed by atoms with van der Waals surface area (Å²) in [5, 5.41) is 18.9. The Morgan fingerprint density at radius 1 is 1.23 bits per heavy atom. The van der Waals surface area contributed by atoms with Gasteiger partial charge in [-0.05, 0) is 37.0 Å². The second-order valence-corrected chi connectivity index (χ2v) is 3.14. The molecule has 0 aliphatic heterocycles. The zero-order valence-electron chi connectivity index (χ0n) is 7.96. The van der Waals surface area contributed by atoms with Gasteiger partial charge in [-0.25, -0.2) is 0 Å². The van der Waals surface area contributed by atoms with E-state index in [1.165, 1.54) is 6.07 Å². The summed E-state index contributed by atoms with van der Waals surface area (Å²) in [6.45, 7) is 7.30. The Hall–Kier alpha value is -1.44. The summed E-state index contributed by atoms with van der Waals surface area (Å²) in [6.07, 6.45) is 2.42. The highest BCUT2D eigenvalue weighted by molar-refractivity contribution is 5.51. The Kier molecular flexibility index (Phi) is 2.61. The topological polar surface area (TPSA) is 40.5 Å². The van der Waals surface area contributed by atoms with E-state index >= 15 is 0 Å². The number of phenols is 2. The summed E-state index contributed by atoms with van der Waals surface area (Å²) in [4.78, 5) is 0. The first-order valence-electron chi connectivity index (χ1n) is 4.19. The van der Waals surface area contributed by atoms with Crippen molar-refractivity contribution in [3.05, 3.63) is 35.4 Å². The normalized spacial score (nSPS) is 10.0. The third-order valence-corrected chi connectivity index (χ3v) is 2.30. The van der Waals surface area contributed by atoms with E-state index < -0.39 is 0 Å². The van der Waals surface area contributed by atoms with E-state index in [4.69, 9.17) is 0 Å². The van der Waals surface area contributed by atoms with Gasteiger partial charge < -0.3 is 10.2 Å². The fourth-order valence-corrected chi connectivity index (χ4v) is 1.39. The molecule has 2 N–H and O–H groups in total. The Balaban J connectivity index is 3.36. The molecule has 1 aromatic rings. The van der Waals surface area contributed by atoms with Crippen molar-refractivity contribution < 1.29 is 10.2 Å². The van der Waals surface area contributed by atoms with Crippen LogP contribution in [0.1, 0.15) is 16.7 Å². The lowest BCUT2D eigenvalue weighted by atomic mass is 9.98. The standard InChI is InChI=1S/C11H14O2/c1-4-5-9-7(2)10(12)6-11(13)8(9)3/h4,6,12-13H,1,5H2,2-3H3. The van der Waals surface area contributed by atoms with E-state index in [-0.39, 0.29) is 11.5 Å². The lowest BCUT2D eigenvalue weighted by Crippen LogP contribution is -1.92. The van der Waals surface area contributed by atoms with E-state index in [1.54, 1.807) is 6.08 Å². The second-order valence-electron chi connectivity index (χ2n) is 3.14. The first-order valence-corrected chi connectivity index (χ1v) is 4.19. The van der Waals surface area contributed by atoms with Crippen molar-refractivity contribution in [2.24, 2.45) is 0 Å². The quantitative estimate of drug-likeness (QED) is 0.683. The number of phenolic OH excluding ortho intramolecular Hbond substituents is 2. The van der Waals surface area contributed by atoms with Crippen molar-refractivity contribution in [3.63, 3.8) is 0 Å². The molecule has 0 aromatic heterocycles. The molecule has 70 valence electrons. The number of rotatable bonds is 2. The van der Waals surface area contributed by atoms with Crippen molar-refractivity contribution in [2.75, 3.05) is 0 Å². The third kappa shape index (κ3) is 1.66. The van der Waals surface area contributed by atoms with Crippen molar-refractivity contribution in [1.82, 2.24) is 0 Å². The van der Waals surface area contributed by atoms with Crippen LogP contribution >= 0.6 is 0 Å². The monoisotopic (exact) mass is 178 g/mol. The lowest BCUT2D eigenvalue weighted by Gasteiger charge is -2.11. The highest BCUT2D eigenvalue weighted by atomic mass is 16.3. The number of allylic oxidation sites excluding steroid dienone is 1. The SMILES string of the molecule is C=CCc1c(C)c(O)cc(O)c1C. The molecule has 0 aliphatic carbocycles. The number of benzene rings is 1. The minimum absolute atomic E-state index is 0.139. The van der Waals surface area contributed by atoms with Gasteiger partial charge in [0.15, 0.2) is 0 Å². The highest BCUT2D eigenvalue weighted by Crippen LogP contribution is 2.31. The predicted molar refractivity (Wildman–Crippen MR) is 53.1 cm³/mol. The molecule has 0 radical (unpaired) electrons. The van der Waals surface area contributed by atoms with Crippen LogP contribution in [0.15, 0.2) is 18.7 Å². The molecule has 0 saturated heterocycles. The molecule has 2 heteroatoms. The summed E-state index contributed by atoms with van der Waals surface area (Å²) < 4.78 is 0. The maximum absolute atomic E-state index is 9.44. The van der Waals surface area contributed by atoms with Crippen molar-refractivity contribution >= 4 is 0 Å². The molecule has 0 aliphatic rings. The van der Waals surface area contributed by atoms with E-state index in [0.717, 1.165) is 16.7 Å². The zero-order chi connectivity index (χ0) is 10.0. The van der Waals surface area contributed by atoms with E-state index in [0.29, 0.717) is 6.42 Å². The van der Waals surface area contributed by atoms with Gasteiger partial charge in [0, 0.05) is 6.07 Å².